The van der Waals surface area contributed by atoms with Gasteiger partial charge in [0.15, 0.2) is 12.4 Å². The number of para-hydroxylation sites is 2. The van der Waals surface area contributed by atoms with Crippen LogP contribution in [0.3, 0.4) is 0 Å². The Morgan fingerprint density at radius 3 is 2.19 bits per heavy atom. The summed E-state index contributed by atoms with van der Waals surface area (Å²) in [5.74, 6) is -0.0762. The van der Waals surface area contributed by atoms with E-state index in [0.29, 0.717) is 39.0 Å². The normalized spacial score (nSPS) is 10.3. The van der Waals surface area contributed by atoms with Gasteiger partial charge in [-0.05, 0) is 54.6 Å². The van der Waals surface area contributed by atoms with Crippen molar-refractivity contribution in [1.29, 1.82) is 0 Å². The molecular formula is C29H23ClN2O5. The maximum Gasteiger partial charge on any atom is 0.262 e. The Hall–Kier alpha value is -4.62. The lowest BCUT2D eigenvalue weighted by atomic mass is 10.0. The molecule has 0 heterocycles. The van der Waals surface area contributed by atoms with Crippen molar-refractivity contribution in [3.63, 3.8) is 0 Å². The molecule has 0 aliphatic heterocycles. The number of anilines is 2. The van der Waals surface area contributed by atoms with Crippen LogP contribution in [0.25, 0.3) is 0 Å². The fourth-order valence-corrected chi connectivity index (χ4v) is 3.71. The first-order valence-electron chi connectivity index (χ1n) is 11.3. The van der Waals surface area contributed by atoms with Crippen molar-refractivity contribution in [2.75, 3.05) is 24.4 Å². The summed E-state index contributed by atoms with van der Waals surface area (Å²) in [5.41, 5.74) is 2.05. The van der Waals surface area contributed by atoms with Gasteiger partial charge < -0.3 is 20.1 Å². The van der Waals surface area contributed by atoms with Crippen molar-refractivity contribution in [2.45, 2.75) is 0 Å². The molecule has 8 heteroatoms. The highest BCUT2D eigenvalue weighted by atomic mass is 35.5. The van der Waals surface area contributed by atoms with Gasteiger partial charge in [-0.3, -0.25) is 14.4 Å². The molecule has 7 nitrogen and oxygen atoms in total. The first kappa shape index (κ1) is 25.5. The molecule has 4 aromatic rings. The van der Waals surface area contributed by atoms with Crippen LogP contribution in [0, 0.1) is 0 Å². The molecule has 0 fully saturated rings. The van der Waals surface area contributed by atoms with Gasteiger partial charge in [-0.2, -0.15) is 0 Å². The van der Waals surface area contributed by atoms with E-state index in [1.165, 1.54) is 13.2 Å². The third kappa shape index (κ3) is 6.54. The highest BCUT2D eigenvalue weighted by Crippen LogP contribution is 2.25. The van der Waals surface area contributed by atoms with Crippen molar-refractivity contribution < 1.29 is 23.9 Å². The van der Waals surface area contributed by atoms with E-state index in [1.807, 2.05) is 12.1 Å². The van der Waals surface area contributed by atoms with E-state index in [2.05, 4.69) is 10.6 Å². The van der Waals surface area contributed by atoms with Crippen molar-refractivity contribution in [3.8, 4) is 11.5 Å². The molecule has 2 amide bonds. The number of ketones is 1. The van der Waals surface area contributed by atoms with Gasteiger partial charge in [0.1, 0.15) is 11.5 Å². The van der Waals surface area contributed by atoms with Crippen LogP contribution < -0.4 is 20.1 Å². The smallest absolute Gasteiger partial charge is 0.262 e. The molecule has 0 atom stereocenters. The molecule has 0 aliphatic rings. The zero-order valence-corrected chi connectivity index (χ0v) is 20.6. The average molecular weight is 515 g/mol. The van der Waals surface area contributed by atoms with E-state index in [1.54, 1.807) is 78.9 Å². The minimum Gasteiger partial charge on any atom is -0.495 e. The molecule has 0 aromatic heterocycles. The summed E-state index contributed by atoms with van der Waals surface area (Å²) in [6.45, 7) is -0.297. The second kappa shape index (κ2) is 11.9. The maximum absolute atomic E-state index is 12.9. The van der Waals surface area contributed by atoms with Crippen molar-refractivity contribution in [1.82, 2.24) is 0 Å². The standard InChI is InChI=1S/C29H23ClN2O5/c1-36-26-10-6-5-9-25(26)32-29(35)20-11-14-22(15-12-20)37-18-27(33)31-24-16-13-21(30)17-23(24)28(34)19-7-3-2-4-8-19/h2-17H,18H2,1H3,(H,31,33)(H,32,35). The Morgan fingerprint density at radius 1 is 0.757 bits per heavy atom. The lowest BCUT2D eigenvalue weighted by Gasteiger charge is -2.12. The summed E-state index contributed by atoms with van der Waals surface area (Å²) in [5, 5.41) is 5.88. The Balaban J connectivity index is 1.37. The molecule has 37 heavy (non-hydrogen) atoms. The molecule has 0 radical (unpaired) electrons. The third-order valence-corrected chi connectivity index (χ3v) is 5.61. The Labute approximate surface area is 219 Å². The van der Waals surface area contributed by atoms with E-state index >= 15 is 0 Å². The van der Waals surface area contributed by atoms with E-state index in [0.717, 1.165) is 0 Å². The number of benzene rings is 4. The van der Waals surface area contributed by atoms with Gasteiger partial charge in [0.2, 0.25) is 0 Å². The van der Waals surface area contributed by atoms with Gasteiger partial charge in [-0.25, -0.2) is 0 Å². The number of hydrogen-bond acceptors (Lipinski definition) is 5. The van der Waals surface area contributed by atoms with E-state index < -0.39 is 5.91 Å². The monoisotopic (exact) mass is 514 g/mol. The van der Waals surface area contributed by atoms with Crippen molar-refractivity contribution in [2.24, 2.45) is 0 Å². The Kier molecular flexibility index (Phi) is 8.18. The van der Waals surface area contributed by atoms with E-state index in [-0.39, 0.29) is 23.9 Å². The van der Waals surface area contributed by atoms with Crippen LogP contribution in [0.2, 0.25) is 5.02 Å². The van der Waals surface area contributed by atoms with Crippen LogP contribution >= 0.6 is 11.6 Å². The predicted molar refractivity (Wildman–Crippen MR) is 143 cm³/mol. The largest absolute Gasteiger partial charge is 0.495 e. The summed E-state index contributed by atoms with van der Waals surface area (Å²) in [4.78, 5) is 38.1. The van der Waals surface area contributed by atoms with Gasteiger partial charge in [0.25, 0.3) is 11.8 Å². The minimum atomic E-state index is -0.456. The number of rotatable bonds is 9. The molecular weight excluding hydrogens is 492 g/mol. The molecule has 4 aromatic carbocycles. The lowest BCUT2D eigenvalue weighted by Crippen LogP contribution is -2.21. The van der Waals surface area contributed by atoms with Crippen LogP contribution in [0.5, 0.6) is 11.5 Å². The zero-order valence-electron chi connectivity index (χ0n) is 19.9. The fourth-order valence-electron chi connectivity index (χ4n) is 3.54. The summed E-state index contributed by atoms with van der Waals surface area (Å²) >= 11 is 6.10. The highest BCUT2D eigenvalue weighted by molar-refractivity contribution is 6.31. The van der Waals surface area contributed by atoms with Gasteiger partial charge >= 0.3 is 0 Å². The van der Waals surface area contributed by atoms with Crippen LogP contribution in [0.1, 0.15) is 26.3 Å². The van der Waals surface area contributed by atoms with Gasteiger partial charge in [-0.1, -0.05) is 54.1 Å². The first-order chi connectivity index (χ1) is 17.9. The highest BCUT2D eigenvalue weighted by Gasteiger charge is 2.16. The zero-order chi connectivity index (χ0) is 26.2. The molecule has 4 rings (SSSR count). The number of amides is 2. The van der Waals surface area contributed by atoms with Crippen molar-refractivity contribution >= 4 is 40.6 Å². The molecule has 0 bridgehead atoms. The molecule has 0 saturated heterocycles. The SMILES string of the molecule is COc1ccccc1NC(=O)c1ccc(OCC(=O)Nc2ccc(Cl)cc2C(=O)c2ccccc2)cc1. The maximum atomic E-state index is 12.9. The quantitative estimate of drug-likeness (QED) is 0.273. The average Bonchev–Trinajstić information content (AvgIpc) is 2.93. The predicted octanol–water partition coefficient (Wildman–Crippen LogP) is 5.85. The van der Waals surface area contributed by atoms with E-state index in [4.69, 9.17) is 21.1 Å². The number of carbonyl (C=O) groups is 3. The number of nitrogens with one attached hydrogen (secondary N) is 2. The number of ether oxygens (including phenoxy) is 2. The molecule has 2 N–H and O–H groups in total. The number of halogens is 1. The Bertz CT molecular complexity index is 1420. The summed E-state index contributed by atoms with van der Waals surface area (Å²) < 4.78 is 10.8. The van der Waals surface area contributed by atoms with Crippen LogP contribution in [0.15, 0.2) is 97.1 Å². The molecule has 0 saturated carbocycles. The second-order valence-electron chi connectivity index (χ2n) is 7.90. The molecule has 0 spiro atoms. The molecule has 0 aliphatic carbocycles. The lowest BCUT2D eigenvalue weighted by molar-refractivity contribution is -0.118. The van der Waals surface area contributed by atoms with E-state index in [9.17, 15) is 14.4 Å². The first-order valence-corrected chi connectivity index (χ1v) is 11.7. The topological polar surface area (TPSA) is 93.7 Å². The molecule has 186 valence electrons. The Morgan fingerprint density at radius 2 is 1.46 bits per heavy atom. The minimum absolute atomic E-state index is 0.263. The van der Waals surface area contributed by atoms with Crippen LogP contribution in [-0.4, -0.2) is 31.3 Å². The summed E-state index contributed by atoms with van der Waals surface area (Å²) in [6, 6.07) is 26.9. The fraction of sp³-hybridized carbons (Fsp3) is 0.0690. The second-order valence-corrected chi connectivity index (χ2v) is 8.34. The van der Waals surface area contributed by atoms with Gasteiger partial charge in [0.05, 0.1) is 18.5 Å². The van der Waals surface area contributed by atoms with Crippen molar-refractivity contribution in [3.05, 3.63) is 119 Å². The number of hydrogen-bond donors (Lipinski definition) is 2. The summed E-state index contributed by atoms with van der Waals surface area (Å²) in [6.07, 6.45) is 0. The number of methoxy groups -OCH3 is 1. The van der Waals surface area contributed by atoms with Crippen LogP contribution in [0.4, 0.5) is 11.4 Å². The van der Waals surface area contributed by atoms with Gasteiger partial charge in [-0.15, -0.1) is 0 Å². The van der Waals surface area contributed by atoms with Crippen LogP contribution in [-0.2, 0) is 4.79 Å². The summed E-state index contributed by atoms with van der Waals surface area (Å²) in [7, 11) is 1.53. The van der Waals surface area contributed by atoms with Gasteiger partial charge in [0, 0.05) is 21.7 Å². The molecule has 0 unspecified atom stereocenters. The third-order valence-electron chi connectivity index (χ3n) is 5.38. The number of carbonyl (C=O) groups excluding carboxylic acids is 3.